The predicted molar refractivity (Wildman–Crippen MR) is 149 cm³/mol. The maximum absolute atomic E-state index is 13.5. The number of nitrogens with zero attached hydrogens (tertiary/aromatic N) is 3. The summed E-state index contributed by atoms with van der Waals surface area (Å²) in [5, 5.41) is 5.77. The van der Waals surface area contributed by atoms with Crippen LogP contribution in [0.2, 0.25) is 5.02 Å². The van der Waals surface area contributed by atoms with E-state index >= 15 is 0 Å². The lowest BCUT2D eigenvalue weighted by Gasteiger charge is -2.22. The Morgan fingerprint density at radius 2 is 1.92 bits per heavy atom. The van der Waals surface area contributed by atoms with Crippen molar-refractivity contribution >= 4 is 44.6 Å². The lowest BCUT2D eigenvalue weighted by Crippen LogP contribution is -2.25. The summed E-state index contributed by atoms with van der Waals surface area (Å²) >= 11 is 9.96. The van der Waals surface area contributed by atoms with Gasteiger partial charge in [-0.15, -0.1) is 0 Å². The van der Waals surface area contributed by atoms with Crippen molar-refractivity contribution in [2.75, 3.05) is 0 Å². The normalized spacial score (nSPS) is 14.5. The van der Waals surface area contributed by atoms with Gasteiger partial charge in [0.15, 0.2) is 0 Å². The Balaban J connectivity index is 1.55. The number of hydrogen-bond acceptors (Lipinski definition) is 4. The van der Waals surface area contributed by atoms with Crippen LogP contribution in [0.25, 0.3) is 10.9 Å². The van der Waals surface area contributed by atoms with E-state index in [1.807, 2.05) is 30.3 Å². The smallest absolute Gasteiger partial charge is 0.282 e. The Kier molecular flexibility index (Phi) is 7.54. The van der Waals surface area contributed by atoms with E-state index in [0.29, 0.717) is 33.8 Å². The second-order valence-electron chi connectivity index (χ2n) is 9.27. The van der Waals surface area contributed by atoms with Crippen molar-refractivity contribution in [1.29, 1.82) is 0 Å². The summed E-state index contributed by atoms with van der Waals surface area (Å²) in [6, 6.07) is 19.2. The summed E-state index contributed by atoms with van der Waals surface area (Å²) in [6.07, 6.45) is 7.15. The Morgan fingerprint density at radius 1 is 1.11 bits per heavy atom. The third-order valence-corrected chi connectivity index (χ3v) is 7.37. The second-order valence-corrected chi connectivity index (χ2v) is 10.6. The zero-order valence-electron chi connectivity index (χ0n) is 20.1. The minimum Gasteiger partial charge on any atom is -0.487 e. The van der Waals surface area contributed by atoms with Gasteiger partial charge in [0.25, 0.3) is 5.56 Å². The highest BCUT2D eigenvalue weighted by Crippen LogP contribution is 2.34. The maximum atomic E-state index is 13.5. The van der Waals surface area contributed by atoms with E-state index in [1.54, 1.807) is 24.4 Å². The third-order valence-electron chi connectivity index (χ3n) is 6.56. The molecule has 0 atom stereocenters. The number of ether oxygens (including phenoxy) is 1. The van der Waals surface area contributed by atoms with Crippen LogP contribution in [0.4, 0.5) is 0 Å². The second kappa shape index (κ2) is 11.0. The van der Waals surface area contributed by atoms with Crippen LogP contribution < -0.4 is 10.3 Å². The summed E-state index contributed by atoms with van der Waals surface area (Å²) in [5.74, 6) is 1.54. The minimum atomic E-state index is -0.166. The van der Waals surface area contributed by atoms with Gasteiger partial charge in [-0.3, -0.25) is 4.79 Å². The van der Waals surface area contributed by atoms with Gasteiger partial charge in [0, 0.05) is 16.5 Å². The monoisotopic (exact) mass is 563 g/mol. The molecule has 0 saturated heterocycles. The molecule has 0 amide bonds. The Labute approximate surface area is 223 Å². The number of benzene rings is 3. The zero-order chi connectivity index (χ0) is 25.1. The number of rotatable bonds is 6. The van der Waals surface area contributed by atoms with Crippen LogP contribution in [0, 0.1) is 6.92 Å². The molecule has 0 unspecified atom stereocenters. The fourth-order valence-corrected chi connectivity index (χ4v) is 5.73. The molecule has 1 heterocycles. The van der Waals surface area contributed by atoms with Crippen LogP contribution in [0.15, 0.2) is 75.0 Å². The van der Waals surface area contributed by atoms with E-state index in [2.05, 4.69) is 40.1 Å². The van der Waals surface area contributed by atoms with Crippen molar-refractivity contribution in [3.05, 3.63) is 103 Å². The first-order valence-corrected chi connectivity index (χ1v) is 13.4. The molecule has 5 nitrogen and oxygen atoms in total. The first-order valence-electron chi connectivity index (χ1n) is 12.2. The Bertz CT molecular complexity index is 1490. The molecule has 1 saturated carbocycles. The summed E-state index contributed by atoms with van der Waals surface area (Å²) in [7, 11) is 0. The first-order chi connectivity index (χ1) is 17.5. The maximum Gasteiger partial charge on any atom is 0.282 e. The topological polar surface area (TPSA) is 56.5 Å². The van der Waals surface area contributed by atoms with Crippen molar-refractivity contribution in [3.63, 3.8) is 0 Å². The van der Waals surface area contributed by atoms with Crippen molar-refractivity contribution in [2.24, 2.45) is 5.10 Å². The molecule has 4 aromatic rings. The van der Waals surface area contributed by atoms with Gasteiger partial charge in [-0.2, -0.15) is 9.78 Å². The molecule has 0 radical (unpaired) electrons. The lowest BCUT2D eigenvalue weighted by molar-refractivity contribution is 0.303. The molecule has 1 aliphatic carbocycles. The molecule has 36 heavy (non-hydrogen) atoms. The molecule has 0 spiro atoms. The average Bonchev–Trinajstić information content (AvgIpc) is 2.88. The van der Waals surface area contributed by atoms with E-state index in [-0.39, 0.29) is 11.5 Å². The van der Waals surface area contributed by atoms with E-state index < -0.39 is 0 Å². The molecule has 0 aliphatic heterocycles. The van der Waals surface area contributed by atoms with Gasteiger partial charge in [-0.1, -0.05) is 72.8 Å². The van der Waals surface area contributed by atoms with Crippen molar-refractivity contribution in [2.45, 2.75) is 51.6 Å². The average molecular weight is 565 g/mol. The summed E-state index contributed by atoms with van der Waals surface area (Å²) < 4.78 is 8.39. The number of para-hydroxylation sites is 1. The highest BCUT2D eigenvalue weighted by atomic mass is 79.9. The van der Waals surface area contributed by atoms with Gasteiger partial charge in [-0.25, -0.2) is 4.98 Å². The summed E-state index contributed by atoms with van der Waals surface area (Å²) in [6.45, 7) is 2.45. The molecule has 3 aromatic carbocycles. The Morgan fingerprint density at radius 3 is 2.72 bits per heavy atom. The molecule has 184 valence electrons. The zero-order valence-corrected chi connectivity index (χ0v) is 22.4. The first kappa shape index (κ1) is 24.7. The van der Waals surface area contributed by atoms with Gasteiger partial charge in [0.2, 0.25) is 0 Å². The number of aryl methyl sites for hydroxylation is 1. The molecular weight excluding hydrogens is 538 g/mol. The van der Waals surface area contributed by atoms with Crippen molar-refractivity contribution in [1.82, 2.24) is 9.66 Å². The highest BCUT2D eigenvalue weighted by molar-refractivity contribution is 9.10. The minimum absolute atomic E-state index is 0.166. The van der Waals surface area contributed by atoms with Crippen LogP contribution in [-0.4, -0.2) is 15.9 Å². The fraction of sp³-hybridized carbons (Fsp3) is 0.276. The quantitative estimate of drug-likeness (QED) is 0.226. The van der Waals surface area contributed by atoms with Gasteiger partial charge in [0.05, 0.1) is 21.6 Å². The number of fused-ring (bicyclic) bond motifs is 1. The van der Waals surface area contributed by atoms with E-state index in [0.717, 1.165) is 41.5 Å². The van der Waals surface area contributed by atoms with Crippen molar-refractivity contribution < 1.29 is 4.74 Å². The fourth-order valence-electron chi connectivity index (χ4n) is 4.78. The Hall–Kier alpha value is -2.96. The van der Waals surface area contributed by atoms with Gasteiger partial charge < -0.3 is 4.74 Å². The van der Waals surface area contributed by atoms with Crippen LogP contribution in [0.5, 0.6) is 5.75 Å². The molecular formula is C29H27BrClN3O2. The molecule has 5 rings (SSSR count). The van der Waals surface area contributed by atoms with Crippen LogP contribution >= 0.6 is 27.5 Å². The largest absolute Gasteiger partial charge is 0.487 e. The van der Waals surface area contributed by atoms with Crippen LogP contribution in [0.3, 0.4) is 0 Å². The summed E-state index contributed by atoms with van der Waals surface area (Å²) in [4.78, 5) is 18.4. The molecule has 0 N–H and O–H groups in total. The number of halogens is 2. The van der Waals surface area contributed by atoms with E-state index in [1.165, 1.54) is 16.7 Å². The van der Waals surface area contributed by atoms with E-state index in [9.17, 15) is 4.79 Å². The van der Waals surface area contributed by atoms with Crippen molar-refractivity contribution in [3.8, 4) is 5.75 Å². The molecule has 1 aliphatic rings. The lowest BCUT2D eigenvalue weighted by atomic mass is 9.88. The van der Waals surface area contributed by atoms with E-state index in [4.69, 9.17) is 21.3 Å². The van der Waals surface area contributed by atoms with Gasteiger partial charge in [-0.05, 0) is 65.5 Å². The standard InChI is InChI=1S/C29H27BrClN3O2/c1-19-8-7-9-20(14-19)18-36-27-22(15-23(31)16-25(27)30)17-32-34-28(21-10-3-2-4-11-21)33-26-13-6-5-12-24(26)29(34)35/h5-9,12-17,21H,2-4,10-11,18H2,1H3. The number of aromatic nitrogens is 2. The molecule has 1 fully saturated rings. The SMILES string of the molecule is Cc1cccc(COc2c(Br)cc(Cl)cc2C=Nn2c(C3CCCCC3)nc3ccccc3c2=O)c1. The highest BCUT2D eigenvalue weighted by Gasteiger charge is 2.22. The summed E-state index contributed by atoms with van der Waals surface area (Å²) in [5.41, 5.74) is 3.46. The van der Waals surface area contributed by atoms with Gasteiger partial charge >= 0.3 is 0 Å². The molecule has 1 aromatic heterocycles. The molecule has 7 heteroatoms. The number of hydrogen-bond donors (Lipinski definition) is 0. The molecule has 0 bridgehead atoms. The predicted octanol–water partition coefficient (Wildman–Crippen LogP) is 7.63. The third kappa shape index (κ3) is 5.40. The van der Waals surface area contributed by atoms with Gasteiger partial charge in [0.1, 0.15) is 18.2 Å². The van der Waals surface area contributed by atoms with Crippen LogP contribution in [-0.2, 0) is 6.61 Å². The van der Waals surface area contributed by atoms with Crippen LogP contribution in [0.1, 0.15) is 60.5 Å².